The first kappa shape index (κ1) is 21.2. The van der Waals surface area contributed by atoms with E-state index >= 15 is 0 Å². The first-order chi connectivity index (χ1) is 16.1. The highest BCUT2D eigenvalue weighted by atomic mass is 14.8. The maximum Gasteiger partial charge on any atom is 0.0708 e. The molecule has 0 saturated heterocycles. The normalized spacial score (nSPS) is 17.1. The Labute approximate surface area is 197 Å². The zero-order chi connectivity index (χ0) is 22.8. The van der Waals surface area contributed by atoms with Gasteiger partial charge in [-0.25, -0.2) is 0 Å². The van der Waals surface area contributed by atoms with Gasteiger partial charge >= 0.3 is 0 Å². The van der Waals surface area contributed by atoms with E-state index in [4.69, 9.17) is 4.99 Å². The number of aliphatic imine (C=N–C) groups is 1. The number of hydrogen-bond donors (Lipinski definition) is 0. The van der Waals surface area contributed by atoms with E-state index in [9.17, 15) is 0 Å². The molecule has 0 heterocycles. The molecule has 1 nitrogen and oxygen atoms in total. The molecule has 0 bridgehead atoms. The van der Waals surface area contributed by atoms with Crippen molar-refractivity contribution >= 4 is 11.4 Å². The van der Waals surface area contributed by atoms with Crippen LogP contribution in [0.1, 0.15) is 41.2 Å². The fourth-order valence-electron chi connectivity index (χ4n) is 4.82. The molecule has 2 aliphatic rings. The van der Waals surface area contributed by atoms with E-state index in [0.717, 1.165) is 35.4 Å². The van der Waals surface area contributed by atoms with Crippen LogP contribution in [0, 0.1) is 12.8 Å². The Morgan fingerprint density at radius 2 is 1.82 bits per heavy atom. The fourth-order valence-corrected chi connectivity index (χ4v) is 4.82. The molecule has 1 heteroatoms. The molecule has 33 heavy (non-hydrogen) atoms. The number of fused-ring (bicyclic) bond motifs is 3. The molecule has 5 rings (SSSR count). The zero-order valence-electron chi connectivity index (χ0n) is 19.4. The average Bonchev–Trinajstić information content (AvgIpc) is 3.22. The number of allylic oxidation sites excluding steroid dienone is 6. The first-order valence-corrected chi connectivity index (χ1v) is 11.7. The van der Waals surface area contributed by atoms with Crippen LogP contribution in [0.3, 0.4) is 0 Å². The third-order valence-electron chi connectivity index (χ3n) is 6.59. The van der Waals surface area contributed by atoms with Gasteiger partial charge in [-0.15, -0.1) is 0 Å². The molecule has 1 atom stereocenters. The van der Waals surface area contributed by atoms with Crippen molar-refractivity contribution in [2.75, 3.05) is 0 Å². The molecule has 2 aliphatic carbocycles. The lowest BCUT2D eigenvalue weighted by atomic mass is 9.92. The highest BCUT2D eigenvalue weighted by molar-refractivity contribution is 6.08. The molecule has 0 aromatic heterocycles. The summed E-state index contributed by atoms with van der Waals surface area (Å²) in [4.78, 5) is 5.20. The summed E-state index contributed by atoms with van der Waals surface area (Å²) >= 11 is 0. The van der Waals surface area contributed by atoms with Crippen molar-refractivity contribution < 1.29 is 0 Å². The fraction of sp³-hybridized carbons (Fsp3) is 0.156. The molecule has 3 aromatic rings. The van der Waals surface area contributed by atoms with Gasteiger partial charge in [-0.1, -0.05) is 103 Å². The van der Waals surface area contributed by atoms with Crippen LogP contribution in [0.5, 0.6) is 0 Å². The van der Waals surface area contributed by atoms with Gasteiger partial charge in [0.05, 0.1) is 5.70 Å². The van der Waals surface area contributed by atoms with Crippen molar-refractivity contribution in [3.63, 3.8) is 0 Å². The molecule has 0 N–H and O–H groups in total. The maximum absolute atomic E-state index is 5.20. The maximum atomic E-state index is 5.20. The Morgan fingerprint density at radius 3 is 2.61 bits per heavy atom. The molecule has 0 fully saturated rings. The average molecular weight is 428 g/mol. The minimum Gasteiger partial charge on any atom is -0.252 e. The van der Waals surface area contributed by atoms with E-state index in [1.165, 1.54) is 33.4 Å². The summed E-state index contributed by atoms with van der Waals surface area (Å²) in [5.74, 6) is 0.319. The molecule has 0 radical (unpaired) electrons. The van der Waals surface area contributed by atoms with Crippen LogP contribution < -0.4 is 0 Å². The van der Waals surface area contributed by atoms with Crippen molar-refractivity contribution in [1.82, 2.24) is 0 Å². The topological polar surface area (TPSA) is 12.4 Å². The van der Waals surface area contributed by atoms with Crippen LogP contribution in [0.25, 0.3) is 16.8 Å². The van der Waals surface area contributed by atoms with Crippen LogP contribution in [0.4, 0.5) is 0 Å². The van der Waals surface area contributed by atoms with Gasteiger partial charge in [-0.05, 0) is 60.6 Å². The van der Waals surface area contributed by atoms with E-state index in [0.29, 0.717) is 5.92 Å². The Hall–Kier alpha value is -3.71. The van der Waals surface area contributed by atoms with E-state index in [2.05, 4.69) is 111 Å². The predicted octanol–water partition coefficient (Wildman–Crippen LogP) is 8.10. The number of rotatable bonds is 5. The van der Waals surface area contributed by atoms with Gasteiger partial charge < -0.3 is 0 Å². The second-order valence-electron chi connectivity index (χ2n) is 9.00. The summed E-state index contributed by atoms with van der Waals surface area (Å²) in [5.41, 5.74) is 12.2. The summed E-state index contributed by atoms with van der Waals surface area (Å²) in [6.45, 7) is 8.69. The minimum atomic E-state index is 0.319. The molecular weight excluding hydrogens is 398 g/mol. The Morgan fingerprint density at radius 1 is 0.970 bits per heavy atom. The van der Waals surface area contributed by atoms with E-state index in [1.807, 2.05) is 6.07 Å². The SMILES string of the molecule is C=C(/C=C(\N=C(C)c1cccc2c1-c1cc(C)ccc1C2)c1ccccc1)C1C=CC=CC1. The molecular formula is C32H29N. The van der Waals surface area contributed by atoms with E-state index in [1.54, 1.807) is 0 Å². The van der Waals surface area contributed by atoms with Crippen LogP contribution in [-0.2, 0) is 6.42 Å². The van der Waals surface area contributed by atoms with Gasteiger partial charge in [-0.2, -0.15) is 0 Å². The van der Waals surface area contributed by atoms with Crippen molar-refractivity contribution in [2.45, 2.75) is 26.7 Å². The third kappa shape index (κ3) is 4.32. The highest BCUT2D eigenvalue weighted by Crippen LogP contribution is 2.40. The standard InChI is InChI=1S/C32H29N/c1-22-17-18-27-21-28-15-10-16-29(32(28)30(27)19-22)24(3)33-31(26-13-8-5-9-14-26)20-23(2)25-11-6-4-7-12-25/h4-11,13-20,25H,2,12,21H2,1,3H3/b31-20-,33-24?. The van der Waals surface area contributed by atoms with Gasteiger partial charge in [-0.3, -0.25) is 4.99 Å². The van der Waals surface area contributed by atoms with Crippen molar-refractivity contribution in [1.29, 1.82) is 0 Å². The van der Waals surface area contributed by atoms with Gasteiger partial charge in [0.15, 0.2) is 0 Å². The lowest BCUT2D eigenvalue weighted by Gasteiger charge is -2.15. The predicted molar refractivity (Wildman–Crippen MR) is 142 cm³/mol. The summed E-state index contributed by atoms with van der Waals surface area (Å²) in [7, 11) is 0. The summed E-state index contributed by atoms with van der Waals surface area (Å²) in [5, 5.41) is 0. The van der Waals surface area contributed by atoms with Crippen LogP contribution >= 0.6 is 0 Å². The molecule has 0 aliphatic heterocycles. The monoisotopic (exact) mass is 427 g/mol. The number of benzene rings is 3. The lowest BCUT2D eigenvalue weighted by Crippen LogP contribution is -2.02. The number of aryl methyl sites for hydroxylation is 1. The van der Waals surface area contributed by atoms with E-state index < -0.39 is 0 Å². The lowest BCUT2D eigenvalue weighted by molar-refractivity contribution is 0.790. The molecule has 3 aromatic carbocycles. The second kappa shape index (κ2) is 9.03. The summed E-state index contributed by atoms with van der Waals surface area (Å²) in [6.07, 6.45) is 12.8. The number of nitrogens with zero attached hydrogens (tertiary/aromatic N) is 1. The van der Waals surface area contributed by atoms with E-state index in [-0.39, 0.29) is 0 Å². The van der Waals surface area contributed by atoms with Crippen molar-refractivity contribution in [3.8, 4) is 11.1 Å². The Kier molecular flexibility index (Phi) is 5.79. The molecule has 162 valence electrons. The van der Waals surface area contributed by atoms with Gasteiger partial charge in [0.2, 0.25) is 0 Å². The molecule has 0 spiro atoms. The summed E-state index contributed by atoms with van der Waals surface area (Å²) < 4.78 is 0. The first-order valence-electron chi connectivity index (χ1n) is 11.7. The van der Waals surface area contributed by atoms with Gasteiger partial charge in [0.1, 0.15) is 0 Å². The van der Waals surface area contributed by atoms with Gasteiger partial charge in [0.25, 0.3) is 0 Å². The van der Waals surface area contributed by atoms with Crippen molar-refractivity contribution in [2.24, 2.45) is 10.9 Å². The number of hydrogen-bond acceptors (Lipinski definition) is 1. The van der Waals surface area contributed by atoms with Crippen LogP contribution in [0.2, 0.25) is 0 Å². The largest absolute Gasteiger partial charge is 0.252 e. The smallest absolute Gasteiger partial charge is 0.0708 e. The molecule has 0 saturated carbocycles. The van der Waals surface area contributed by atoms with Crippen molar-refractivity contribution in [3.05, 3.63) is 137 Å². The highest BCUT2D eigenvalue weighted by Gasteiger charge is 2.22. The molecule has 1 unspecified atom stereocenters. The second-order valence-corrected chi connectivity index (χ2v) is 9.00. The third-order valence-corrected chi connectivity index (χ3v) is 6.59. The minimum absolute atomic E-state index is 0.319. The zero-order valence-corrected chi connectivity index (χ0v) is 19.4. The summed E-state index contributed by atoms with van der Waals surface area (Å²) in [6, 6.07) is 23.9. The quantitative estimate of drug-likeness (QED) is 0.225. The Balaban J connectivity index is 1.59. The Bertz CT molecular complexity index is 1330. The van der Waals surface area contributed by atoms with Crippen LogP contribution in [-0.4, -0.2) is 5.71 Å². The van der Waals surface area contributed by atoms with Crippen LogP contribution in [0.15, 0.2) is 114 Å². The molecule has 0 amide bonds. The van der Waals surface area contributed by atoms with Gasteiger partial charge in [0, 0.05) is 22.8 Å².